The van der Waals surface area contributed by atoms with E-state index in [2.05, 4.69) is 52.4 Å². The van der Waals surface area contributed by atoms with E-state index in [0.29, 0.717) is 24.7 Å². The number of aromatic nitrogens is 3. The highest BCUT2D eigenvalue weighted by Gasteiger charge is 2.28. The second kappa shape index (κ2) is 11.2. The van der Waals surface area contributed by atoms with Crippen LogP contribution in [-0.4, -0.2) is 69.4 Å². The molecule has 7 heteroatoms. The minimum absolute atomic E-state index is 0.0149. The Balaban J connectivity index is 0.000000858. The molecule has 31 heavy (non-hydrogen) atoms. The summed E-state index contributed by atoms with van der Waals surface area (Å²) in [6.07, 6.45) is 8.18. The Morgan fingerprint density at radius 3 is 2.48 bits per heavy atom. The number of fused-ring (bicyclic) bond motifs is 1. The standard InChI is InChI=1S/C21H28N6O.C3H8/c1-3-16(2)25-9-11-26(12-10-25)20-18-6-8-27(14-19(18)23-15-24-20)21(28)17-5-4-7-22-13-17;1-3-2/h4-5,7,13,15-16H,3,6,8-12,14H2,1-2H3;3H2,1-2H3. The molecule has 4 rings (SSSR count). The van der Waals surface area contributed by atoms with E-state index < -0.39 is 0 Å². The average molecular weight is 425 g/mol. The summed E-state index contributed by atoms with van der Waals surface area (Å²) >= 11 is 0. The summed E-state index contributed by atoms with van der Waals surface area (Å²) in [5, 5.41) is 0. The lowest BCUT2D eigenvalue weighted by molar-refractivity contribution is 0.0731. The zero-order chi connectivity index (χ0) is 22.2. The van der Waals surface area contributed by atoms with Crippen LogP contribution in [-0.2, 0) is 13.0 Å². The maximum absolute atomic E-state index is 12.8. The third-order valence-corrected chi connectivity index (χ3v) is 6.01. The number of carbonyl (C=O) groups is 1. The van der Waals surface area contributed by atoms with Crippen LogP contribution in [0, 0.1) is 0 Å². The zero-order valence-corrected chi connectivity index (χ0v) is 19.4. The minimum Gasteiger partial charge on any atom is -0.354 e. The number of hydrogen-bond acceptors (Lipinski definition) is 6. The molecule has 2 aromatic rings. The zero-order valence-electron chi connectivity index (χ0n) is 19.4. The number of piperazine rings is 1. The van der Waals surface area contributed by atoms with Crippen LogP contribution >= 0.6 is 0 Å². The molecular weight excluding hydrogens is 388 g/mol. The molecule has 168 valence electrons. The molecule has 0 spiro atoms. The van der Waals surface area contributed by atoms with Crippen LogP contribution in [0.5, 0.6) is 0 Å². The second-order valence-corrected chi connectivity index (χ2v) is 8.33. The Hall–Kier alpha value is -2.54. The van der Waals surface area contributed by atoms with E-state index in [0.717, 1.165) is 44.1 Å². The van der Waals surface area contributed by atoms with Gasteiger partial charge in [0.1, 0.15) is 12.1 Å². The van der Waals surface area contributed by atoms with Crippen molar-refractivity contribution in [2.24, 2.45) is 0 Å². The normalized spacial score (nSPS) is 17.4. The highest BCUT2D eigenvalue weighted by molar-refractivity contribution is 5.94. The molecule has 0 N–H and O–H groups in total. The first-order valence-electron chi connectivity index (χ1n) is 11.6. The Labute approximate surface area is 186 Å². The van der Waals surface area contributed by atoms with E-state index in [9.17, 15) is 4.79 Å². The van der Waals surface area contributed by atoms with Crippen LogP contribution in [0.1, 0.15) is 62.2 Å². The lowest BCUT2D eigenvalue weighted by atomic mass is 10.0. The van der Waals surface area contributed by atoms with Crippen molar-refractivity contribution in [1.82, 2.24) is 24.8 Å². The molecule has 0 saturated carbocycles. The van der Waals surface area contributed by atoms with Crippen molar-refractivity contribution in [3.8, 4) is 0 Å². The molecule has 2 aromatic heterocycles. The van der Waals surface area contributed by atoms with Crippen LogP contribution in [0.3, 0.4) is 0 Å². The van der Waals surface area contributed by atoms with Crippen LogP contribution < -0.4 is 4.90 Å². The largest absolute Gasteiger partial charge is 0.354 e. The van der Waals surface area contributed by atoms with Crippen molar-refractivity contribution < 1.29 is 4.79 Å². The van der Waals surface area contributed by atoms with Gasteiger partial charge in [0, 0.05) is 56.7 Å². The van der Waals surface area contributed by atoms with Crippen molar-refractivity contribution >= 4 is 11.7 Å². The molecule has 1 saturated heterocycles. The van der Waals surface area contributed by atoms with Gasteiger partial charge in [0.2, 0.25) is 0 Å². The molecule has 2 aliphatic rings. The average Bonchev–Trinajstić information content (AvgIpc) is 2.83. The first-order chi connectivity index (χ1) is 15.1. The SMILES string of the molecule is CCC.CCC(C)N1CCN(c2ncnc3c2CCN(C(=O)c2cccnc2)C3)CC1. The summed E-state index contributed by atoms with van der Waals surface area (Å²) in [5.41, 5.74) is 2.80. The molecule has 0 radical (unpaired) electrons. The van der Waals surface area contributed by atoms with Gasteiger partial charge in [0.15, 0.2) is 0 Å². The quantitative estimate of drug-likeness (QED) is 0.749. The lowest BCUT2D eigenvalue weighted by Gasteiger charge is -2.39. The fourth-order valence-corrected chi connectivity index (χ4v) is 4.09. The van der Waals surface area contributed by atoms with Gasteiger partial charge in [0.05, 0.1) is 17.8 Å². The van der Waals surface area contributed by atoms with Gasteiger partial charge in [-0.1, -0.05) is 27.2 Å². The third-order valence-electron chi connectivity index (χ3n) is 6.01. The maximum Gasteiger partial charge on any atom is 0.255 e. The van der Waals surface area contributed by atoms with E-state index in [1.54, 1.807) is 24.8 Å². The predicted molar refractivity (Wildman–Crippen MR) is 124 cm³/mol. The van der Waals surface area contributed by atoms with Crippen molar-refractivity contribution in [2.75, 3.05) is 37.6 Å². The van der Waals surface area contributed by atoms with Gasteiger partial charge in [-0.05, 0) is 31.9 Å². The van der Waals surface area contributed by atoms with Crippen molar-refractivity contribution in [1.29, 1.82) is 0 Å². The Bertz CT molecular complexity index is 835. The Morgan fingerprint density at radius 2 is 1.84 bits per heavy atom. The summed E-state index contributed by atoms with van der Waals surface area (Å²) in [5.74, 6) is 1.07. The van der Waals surface area contributed by atoms with Crippen molar-refractivity contribution in [3.05, 3.63) is 47.7 Å². The minimum atomic E-state index is 0.0149. The first kappa shape index (κ1) is 23.1. The van der Waals surface area contributed by atoms with E-state index in [1.807, 2.05) is 11.0 Å². The molecule has 1 amide bonds. The highest BCUT2D eigenvalue weighted by Crippen LogP contribution is 2.27. The maximum atomic E-state index is 12.8. The van der Waals surface area contributed by atoms with Gasteiger partial charge in [-0.15, -0.1) is 0 Å². The van der Waals surface area contributed by atoms with E-state index in [4.69, 9.17) is 0 Å². The van der Waals surface area contributed by atoms with Gasteiger partial charge in [-0.2, -0.15) is 0 Å². The molecule has 0 aromatic carbocycles. The van der Waals surface area contributed by atoms with Crippen molar-refractivity contribution in [2.45, 2.75) is 59.5 Å². The van der Waals surface area contributed by atoms with Gasteiger partial charge in [-0.25, -0.2) is 9.97 Å². The summed E-state index contributed by atoms with van der Waals surface area (Å²) in [7, 11) is 0. The highest BCUT2D eigenvalue weighted by atomic mass is 16.2. The molecule has 1 fully saturated rings. The number of carbonyl (C=O) groups excluding carboxylic acids is 1. The molecule has 1 atom stereocenters. The smallest absolute Gasteiger partial charge is 0.255 e. The summed E-state index contributed by atoms with van der Waals surface area (Å²) < 4.78 is 0. The number of pyridine rings is 1. The fraction of sp³-hybridized carbons (Fsp3) is 0.583. The third kappa shape index (κ3) is 5.58. The molecule has 0 aliphatic carbocycles. The van der Waals surface area contributed by atoms with Gasteiger partial charge >= 0.3 is 0 Å². The second-order valence-electron chi connectivity index (χ2n) is 8.33. The summed E-state index contributed by atoms with van der Waals surface area (Å²) in [6, 6.07) is 4.24. The molecular formula is C24H36N6O. The lowest BCUT2D eigenvalue weighted by Crippen LogP contribution is -2.50. The topological polar surface area (TPSA) is 65.5 Å². The molecule has 0 bridgehead atoms. The van der Waals surface area contributed by atoms with E-state index in [1.165, 1.54) is 18.4 Å². The van der Waals surface area contributed by atoms with E-state index >= 15 is 0 Å². The monoisotopic (exact) mass is 424 g/mol. The molecule has 4 heterocycles. The van der Waals surface area contributed by atoms with Crippen LogP contribution in [0.4, 0.5) is 5.82 Å². The van der Waals surface area contributed by atoms with Gasteiger partial charge in [-0.3, -0.25) is 14.7 Å². The van der Waals surface area contributed by atoms with Crippen LogP contribution in [0.25, 0.3) is 0 Å². The molecule has 2 aliphatic heterocycles. The molecule has 7 nitrogen and oxygen atoms in total. The number of hydrogen-bond donors (Lipinski definition) is 0. The van der Waals surface area contributed by atoms with Crippen molar-refractivity contribution in [3.63, 3.8) is 0 Å². The van der Waals surface area contributed by atoms with Crippen LogP contribution in [0.2, 0.25) is 0 Å². The van der Waals surface area contributed by atoms with E-state index in [-0.39, 0.29) is 5.91 Å². The first-order valence-corrected chi connectivity index (χ1v) is 11.6. The Kier molecular flexibility index (Phi) is 8.35. The summed E-state index contributed by atoms with van der Waals surface area (Å²) in [6.45, 7) is 14.1. The number of anilines is 1. The van der Waals surface area contributed by atoms with Gasteiger partial charge in [0.25, 0.3) is 5.91 Å². The summed E-state index contributed by atoms with van der Waals surface area (Å²) in [4.78, 5) is 32.7. The number of nitrogens with zero attached hydrogens (tertiary/aromatic N) is 6. The van der Waals surface area contributed by atoms with Gasteiger partial charge < -0.3 is 9.80 Å². The fourth-order valence-electron chi connectivity index (χ4n) is 4.09. The molecule has 1 unspecified atom stereocenters. The Morgan fingerprint density at radius 1 is 1.10 bits per heavy atom. The predicted octanol–water partition coefficient (Wildman–Crippen LogP) is 3.41. The van der Waals surface area contributed by atoms with Crippen LogP contribution in [0.15, 0.2) is 30.9 Å². The number of rotatable bonds is 4. The number of amides is 1.